The number of halogens is 1. The number of carbonyl (C=O) groups is 1. The van der Waals surface area contributed by atoms with Gasteiger partial charge in [0.05, 0.1) is 0 Å². The average molecular weight is 372 g/mol. The van der Waals surface area contributed by atoms with E-state index in [1.165, 1.54) is 6.07 Å². The topological polar surface area (TPSA) is 52.6 Å². The Bertz CT molecular complexity index is 760. The van der Waals surface area contributed by atoms with Gasteiger partial charge in [0, 0.05) is 25.1 Å². The van der Waals surface area contributed by atoms with Gasteiger partial charge in [-0.2, -0.15) is 0 Å². The molecule has 0 fully saturated rings. The predicted molar refractivity (Wildman–Crippen MR) is 106 cm³/mol. The van der Waals surface area contributed by atoms with E-state index in [0.717, 1.165) is 11.6 Å². The van der Waals surface area contributed by atoms with Gasteiger partial charge in [0.25, 0.3) is 0 Å². The molecular formula is C22H29FN2O2. The Kier molecular flexibility index (Phi) is 6.97. The van der Waals surface area contributed by atoms with E-state index in [9.17, 15) is 14.3 Å². The zero-order chi connectivity index (χ0) is 20.0. The van der Waals surface area contributed by atoms with Crippen LogP contribution < -0.4 is 5.32 Å². The Morgan fingerprint density at radius 2 is 1.85 bits per heavy atom. The molecule has 2 aromatic carbocycles. The lowest BCUT2D eigenvalue weighted by atomic mass is 9.81. The molecular weight excluding hydrogens is 343 g/mol. The standard InChI is InChI=1S/C22H29FN2O2/c1-22(2,17-8-6-5-7-9-17)14-21(27)24-15-18(25(3)4)12-16-10-11-19(26)13-20(16)23/h5-11,13,18,26H,12,14-15H2,1-4H3,(H,24,27)/t18-/m0/s1. The van der Waals surface area contributed by atoms with E-state index in [4.69, 9.17) is 0 Å². The molecule has 0 aliphatic rings. The van der Waals surface area contributed by atoms with Gasteiger partial charge in [-0.1, -0.05) is 50.2 Å². The number of likely N-dealkylation sites (N-methyl/N-ethyl adjacent to an activating group) is 1. The molecule has 0 aromatic heterocycles. The normalized spacial score (nSPS) is 12.8. The molecule has 0 aliphatic carbocycles. The van der Waals surface area contributed by atoms with Crippen LogP contribution in [0.15, 0.2) is 48.5 Å². The van der Waals surface area contributed by atoms with E-state index in [0.29, 0.717) is 24.9 Å². The number of phenolic OH excluding ortho intramolecular Hbond substituents is 1. The van der Waals surface area contributed by atoms with Crippen molar-refractivity contribution in [1.29, 1.82) is 0 Å². The lowest BCUT2D eigenvalue weighted by Gasteiger charge is -2.27. The summed E-state index contributed by atoms with van der Waals surface area (Å²) in [4.78, 5) is 14.5. The maximum absolute atomic E-state index is 14.0. The summed E-state index contributed by atoms with van der Waals surface area (Å²) in [7, 11) is 3.81. The Morgan fingerprint density at radius 3 is 2.44 bits per heavy atom. The van der Waals surface area contributed by atoms with E-state index >= 15 is 0 Å². The lowest BCUT2D eigenvalue weighted by Crippen LogP contribution is -2.43. The molecule has 2 rings (SSSR count). The Balaban J connectivity index is 1.96. The fraction of sp³-hybridized carbons (Fsp3) is 0.409. The van der Waals surface area contributed by atoms with Crippen molar-refractivity contribution in [3.05, 3.63) is 65.5 Å². The zero-order valence-corrected chi connectivity index (χ0v) is 16.5. The van der Waals surface area contributed by atoms with Crippen LogP contribution in [-0.2, 0) is 16.6 Å². The molecule has 0 saturated heterocycles. The maximum Gasteiger partial charge on any atom is 0.220 e. The van der Waals surface area contributed by atoms with Crippen molar-refractivity contribution >= 4 is 5.91 Å². The first kappa shape index (κ1) is 20.9. The van der Waals surface area contributed by atoms with E-state index in [1.54, 1.807) is 6.07 Å². The van der Waals surface area contributed by atoms with E-state index in [2.05, 4.69) is 19.2 Å². The predicted octanol–water partition coefficient (Wildman–Crippen LogP) is 3.49. The Morgan fingerprint density at radius 1 is 1.19 bits per heavy atom. The van der Waals surface area contributed by atoms with Gasteiger partial charge >= 0.3 is 0 Å². The first-order valence-corrected chi connectivity index (χ1v) is 9.15. The maximum atomic E-state index is 14.0. The minimum Gasteiger partial charge on any atom is -0.508 e. The quantitative estimate of drug-likeness (QED) is 0.746. The number of amides is 1. The van der Waals surface area contributed by atoms with Gasteiger partial charge in [-0.25, -0.2) is 4.39 Å². The summed E-state index contributed by atoms with van der Waals surface area (Å²) in [5.74, 6) is -0.547. The third-order valence-corrected chi connectivity index (χ3v) is 4.92. The van der Waals surface area contributed by atoms with E-state index < -0.39 is 5.82 Å². The second-order valence-corrected chi connectivity index (χ2v) is 7.83. The highest BCUT2D eigenvalue weighted by Gasteiger charge is 2.24. The Hall–Kier alpha value is -2.40. The summed E-state index contributed by atoms with van der Waals surface area (Å²) >= 11 is 0. The largest absolute Gasteiger partial charge is 0.508 e. The van der Waals surface area contributed by atoms with Gasteiger partial charge in [0.1, 0.15) is 11.6 Å². The Labute approximate surface area is 161 Å². The third-order valence-electron chi connectivity index (χ3n) is 4.92. The van der Waals surface area contributed by atoms with E-state index in [-0.39, 0.29) is 23.1 Å². The minimum atomic E-state index is -0.432. The molecule has 5 heteroatoms. The van der Waals surface area contributed by atoms with Crippen molar-refractivity contribution in [2.24, 2.45) is 0 Å². The molecule has 0 aliphatic heterocycles. The molecule has 1 atom stereocenters. The molecule has 2 N–H and O–H groups in total. The molecule has 146 valence electrons. The van der Waals surface area contributed by atoms with Crippen LogP contribution in [0.3, 0.4) is 0 Å². The highest BCUT2D eigenvalue weighted by atomic mass is 19.1. The second-order valence-electron chi connectivity index (χ2n) is 7.83. The molecule has 0 unspecified atom stereocenters. The monoisotopic (exact) mass is 372 g/mol. The lowest BCUT2D eigenvalue weighted by molar-refractivity contribution is -0.122. The summed E-state index contributed by atoms with van der Waals surface area (Å²) in [6.07, 6.45) is 0.826. The summed E-state index contributed by atoms with van der Waals surface area (Å²) in [6.45, 7) is 4.53. The fourth-order valence-corrected chi connectivity index (χ4v) is 3.08. The van der Waals surface area contributed by atoms with Crippen LogP contribution in [0, 0.1) is 5.82 Å². The molecule has 0 bridgehead atoms. The minimum absolute atomic E-state index is 0.0260. The summed E-state index contributed by atoms with van der Waals surface area (Å²) in [5.41, 5.74) is 1.38. The fourth-order valence-electron chi connectivity index (χ4n) is 3.08. The van der Waals surface area contributed by atoms with Gasteiger partial charge in [0.15, 0.2) is 0 Å². The number of rotatable bonds is 8. The smallest absolute Gasteiger partial charge is 0.220 e. The van der Waals surface area contributed by atoms with Crippen molar-refractivity contribution in [1.82, 2.24) is 10.2 Å². The molecule has 2 aromatic rings. The molecule has 0 spiro atoms. The zero-order valence-electron chi connectivity index (χ0n) is 16.5. The van der Waals surface area contributed by atoms with Crippen molar-refractivity contribution in [3.8, 4) is 5.75 Å². The van der Waals surface area contributed by atoms with Crippen LogP contribution in [0.5, 0.6) is 5.75 Å². The van der Waals surface area contributed by atoms with Crippen molar-refractivity contribution in [2.45, 2.75) is 38.1 Å². The van der Waals surface area contributed by atoms with Crippen LogP contribution >= 0.6 is 0 Å². The van der Waals surface area contributed by atoms with Crippen molar-refractivity contribution in [2.75, 3.05) is 20.6 Å². The average Bonchev–Trinajstić information content (AvgIpc) is 2.60. The van der Waals surface area contributed by atoms with Gasteiger partial charge < -0.3 is 15.3 Å². The van der Waals surface area contributed by atoms with Crippen LogP contribution in [0.1, 0.15) is 31.4 Å². The van der Waals surface area contributed by atoms with Crippen LogP contribution in [-0.4, -0.2) is 42.6 Å². The van der Waals surface area contributed by atoms with Gasteiger partial charge in [-0.15, -0.1) is 0 Å². The molecule has 27 heavy (non-hydrogen) atoms. The SMILES string of the molecule is CN(C)[C@H](CNC(=O)CC(C)(C)c1ccccc1)Cc1ccc(O)cc1F. The van der Waals surface area contributed by atoms with Crippen LogP contribution in [0.4, 0.5) is 4.39 Å². The van der Waals surface area contributed by atoms with Crippen LogP contribution in [0.25, 0.3) is 0 Å². The summed E-state index contributed by atoms with van der Waals surface area (Å²) < 4.78 is 14.0. The van der Waals surface area contributed by atoms with Crippen molar-refractivity contribution in [3.63, 3.8) is 0 Å². The van der Waals surface area contributed by atoms with Gasteiger partial charge in [-0.3, -0.25) is 4.79 Å². The molecule has 0 radical (unpaired) electrons. The number of hydrogen-bond acceptors (Lipinski definition) is 3. The van der Waals surface area contributed by atoms with Crippen LogP contribution in [0.2, 0.25) is 0 Å². The molecule has 1 amide bonds. The summed E-state index contributed by atoms with van der Waals surface area (Å²) in [6, 6.07) is 14.1. The first-order chi connectivity index (χ1) is 12.7. The van der Waals surface area contributed by atoms with Crippen molar-refractivity contribution < 1.29 is 14.3 Å². The number of aromatic hydroxyl groups is 1. The van der Waals surface area contributed by atoms with Gasteiger partial charge in [-0.05, 0) is 43.1 Å². The number of nitrogens with zero attached hydrogens (tertiary/aromatic N) is 1. The highest BCUT2D eigenvalue weighted by Crippen LogP contribution is 2.26. The number of carbonyl (C=O) groups excluding carboxylic acids is 1. The number of hydrogen-bond donors (Lipinski definition) is 2. The molecule has 4 nitrogen and oxygen atoms in total. The van der Waals surface area contributed by atoms with E-state index in [1.807, 2.05) is 49.3 Å². The number of phenols is 1. The molecule has 0 heterocycles. The number of nitrogens with one attached hydrogen (secondary N) is 1. The summed E-state index contributed by atoms with van der Waals surface area (Å²) in [5, 5.41) is 12.3. The first-order valence-electron chi connectivity index (χ1n) is 9.15. The molecule has 0 saturated carbocycles. The highest BCUT2D eigenvalue weighted by molar-refractivity contribution is 5.77. The van der Waals surface area contributed by atoms with Gasteiger partial charge in [0.2, 0.25) is 5.91 Å². The second kappa shape index (κ2) is 9.00. The third kappa shape index (κ3) is 6.07. The number of benzene rings is 2.